The van der Waals surface area contributed by atoms with Gasteiger partial charge in [0.15, 0.2) is 0 Å². The number of pyridine rings is 1. The van der Waals surface area contributed by atoms with Gasteiger partial charge in [-0.1, -0.05) is 12.1 Å². The Bertz CT molecular complexity index is 1090. The van der Waals surface area contributed by atoms with Crippen LogP contribution in [-0.4, -0.2) is 48.3 Å². The first-order valence-electron chi connectivity index (χ1n) is 8.39. The van der Waals surface area contributed by atoms with Crippen molar-refractivity contribution in [2.45, 2.75) is 24.5 Å². The summed E-state index contributed by atoms with van der Waals surface area (Å²) in [4.78, 5) is 18.9. The lowest BCUT2D eigenvalue weighted by molar-refractivity contribution is 0.203. The van der Waals surface area contributed by atoms with E-state index >= 15 is 0 Å². The molecule has 0 spiro atoms. The van der Waals surface area contributed by atoms with Crippen LogP contribution in [0.1, 0.15) is 18.0 Å². The number of benzene rings is 1. The second kappa shape index (κ2) is 7.51. The van der Waals surface area contributed by atoms with E-state index in [1.165, 1.54) is 37.0 Å². The lowest BCUT2D eigenvalue weighted by Gasteiger charge is -2.24. The van der Waals surface area contributed by atoms with Gasteiger partial charge < -0.3 is 4.57 Å². The van der Waals surface area contributed by atoms with Crippen LogP contribution in [0, 0.1) is 0 Å². The SMILES string of the molecule is C[C@@H](c1nc2ccccc2s1)N(C)Cn1cc(S(=O)(=O)N(C)C)ccc1=O. The van der Waals surface area contributed by atoms with Crippen LogP contribution in [0.3, 0.4) is 0 Å². The molecule has 0 aliphatic carbocycles. The van der Waals surface area contributed by atoms with Gasteiger partial charge in [0, 0.05) is 26.4 Å². The van der Waals surface area contributed by atoms with Gasteiger partial charge in [0.05, 0.1) is 27.8 Å². The zero-order chi connectivity index (χ0) is 19.8. The first-order valence-corrected chi connectivity index (χ1v) is 10.6. The summed E-state index contributed by atoms with van der Waals surface area (Å²) >= 11 is 1.62. The molecule has 2 aromatic heterocycles. The Morgan fingerprint density at radius 1 is 1.15 bits per heavy atom. The van der Waals surface area contributed by atoms with Crippen molar-refractivity contribution in [3.05, 3.63) is 58.0 Å². The van der Waals surface area contributed by atoms with Crippen molar-refractivity contribution in [2.75, 3.05) is 21.1 Å². The number of fused-ring (bicyclic) bond motifs is 1. The number of nitrogens with zero attached hydrogens (tertiary/aromatic N) is 4. The van der Waals surface area contributed by atoms with Crippen molar-refractivity contribution in [3.63, 3.8) is 0 Å². The highest BCUT2D eigenvalue weighted by atomic mass is 32.2. The quantitative estimate of drug-likeness (QED) is 0.628. The summed E-state index contributed by atoms with van der Waals surface area (Å²) in [5.41, 5.74) is 0.699. The summed E-state index contributed by atoms with van der Waals surface area (Å²) in [5.74, 6) is 0. The molecule has 0 aliphatic rings. The van der Waals surface area contributed by atoms with E-state index in [2.05, 4.69) is 4.98 Å². The Hall–Kier alpha value is -2.07. The van der Waals surface area contributed by atoms with Gasteiger partial charge in [-0.2, -0.15) is 0 Å². The summed E-state index contributed by atoms with van der Waals surface area (Å²) in [6.07, 6.45) is 1.39. The smallest absolute Gasteiger partial charge is 0.251 e. The Labute approximate surface area is 162 Å². The Morgan fingerprint density at radius 2 is 1.85 bits per heavy atom. The van der Waals surface area contributed by atoms with E-state index in [1.807, 2.05) is 43.1 Å². The molecule has 0 saturated heterocycles. The van der Waals surface area contributed by atoms with Crippen molar-refractivity contribution in [1.29, 1.82) is 0 Å². The highest BCUT2D eigenvalue weighted by Gasteiger charge is 2.20. The van der Waals surface area contributed by atoms with Crippen molar-refractivity contribution >= 4 is 31.6 Å². The second-order valence-corrected chi connectivity index (χ2v) is 9.77. The zero-order valence-corrected chi connectivity index (χ0v) is 17.3. The Morgan fingerprint density at radius 3 is 2.52 bits per heavy atom. The molecule has 3 rings (SSSR count). The average Bonchev–Trinajstić information content (AvgIpc) is 3.06. The topological polar surface area (TPSA) is 75.5 Å². The van der Waals surface area contributed by atoms with Gasteiger partial charge in [-0.25, -0.2) is 17.7 Å². The van der Waals surface area contributed by atoms with Crippen LogP contribution >= 0.6 is 11.3 Å². The highest BCUT2D eigenvalue weighted by molar-refractivity contribution is 7.89. The molecule has 0 radical (unpaired) electrons. The van der Waals surface area contributed by atoms with Crippen LogP contribution in [-0.2, 0) is 16.7 Å². The Kier molecular flexibility index (Phi) is 5.48. The number of thiazole rings is 1. The highest BCUT2D eigenvalue weighted by Crippen LogP contribution is 2.28. The van der Waals surface area contributed by atoms with E-state index in [1.54, 1.807) is 11.3 Å². The van der Waals surface area contributed by atoms with Crippen molar-refractivity contribution < 1.29 is 8.42 Å². The van der Waals surface area contributed by atoms with Gasteiger partial charge in [0.1, 0.15) is 5.01 Å². The number of aromatic nitrogens is 2. The molecule has 0 aliphatic heterocycles. The third-order valence-electron chi connectivity index (χ3n) is 4.44. The fourth-order valence-electron chi connectivity index (χ4n) is 2.60. The first kappa shape index (κ1) is 19.7. The molecule has 7 nitrogen and oxygen atoms in total. The summed E-state index contributed by atoms with van der Waals surface area (Å²) in [6.45, 7) is 2.27. The van der Waals surface area contributed by atoms with E-state index in [4.69, 9.17) is 0 Å². The lowest BCUT2D eigenvalue weighted by Crippen LogP contribution is -2.32. The molecule has 3 aromatic rings. The molecule has 2 heterocycles. The summed E-state index contributed by atoms with van der Waals surface area (Å²) in [6, 6.07) is 10.5. The fourth-order valence-corrected chi connectivity index (χ4v) is 4.61. The predicted octanol–water partition coefficient (Wildman–Crippen LogP) is 2.36. The van der Waals surface area contributed by atoms with Crippen LogP contribution in [0.4, 0.5) is 0 Å². The molecule has 0 fully saturated rings. The van der Waals surface area contributed by atoms with E-state index in [0.717, 1.165) is 19.5 Å². The molecule has 0 N–H and O–H groups in total. The molecule has 9 heteroatoms. The molecule has 0 unspecified atom stereocenters. The summed E-state index contributed by atoms with van der Waals surface area (Å²) in [5, 5.41) is 0.948. The minimum atomic E-state index is -3.60. The van der Waals surface area contributed by atoms with Crippen LogP contribution in [0.5, 0.6) is 0 Å². The standard InChI is InChI=1S/C18H22N4O3S2/c1-13(18-19-15-7-5-6-8-16(15)26-18)21(4)12-22-11-14(9-10-17(22)23)27(24,25)20(2)3/h5-11,13H,12H2,1-4H3/t13-/m0/s1. The predicted molar refractivity (Wildman–Crippen MR) is 107 cm³/mol. The minimum Gasteiger partial charge on any atom is -0.301 e. The van der Waals surface area contributed by atoms with E-state index in [-0.39, 0.29) is 23.2 Å². The zero-order valence-electron chi connectivity index (χ0n) is 15.7. The normalized spacial score (nSPS) is 13.6. The molecule has 0 saturated carbocycles. The maximum atomic E-state index is 12.3. The van der Waals surface area contributed by atoms with Crippen LogP contribution in [0.15, 0.2) is 52.3 Å². The van der Waals surface area contributed by atoms with E-state index in [9.17, 15) is 13.2 Å². The van der Waals surface area contributed by atoms with Crippen molar-refractivity contribution in [3.8, 4) is 0 Å². The van der Waals surface area contributed by atoms with Crippen molar-refractivity contribution in [1.82, 2.24) is 18.8 Å². The largest absolute Gasteiger partial charge is 0.301 e. The average molecular weight is 407 g/mol. The fraction of sp³-hybridized carbons (Fsp3) is 0.333. The third-order valence-corrected chi connectivity index (χ3v) is 7.44. The van der Waals surface area contributed by atoms with E-state index < -0.39 is 10.0 Å². The van der Waals surface area contributed by atoms with Gasteiger partial charge in [-0.05, 0) is 32.2 Å². The van der Waals surface area contributed by atoms with Gasteiger partial charge in [0.25, 0.3) is 5.56 Å². The van der Waals surface area contributed by atoms with Crippen LogP contribution in [0.25, 0.3) is 10.2 Å². The second-order valence-electron chi connectivity index (χ2n) is 6.55. The monoisotopic (exact) mass is 406 g/mol. The van der Waals surface area contributed by atoms with Crippen molar-refractivity contribution in [2.24, 2.45) is 0 Å². The number of hydrogen-bond acceptors (Lipinski definition) is 6. The number of hydrogen-bond donors (Lipinski definition) is 0. The molecule has 1 atom stereocenters. The lowest BCUT2D eigenvalue weighted by atomic mass is 10.3. The maximum Gasteiger partial charge on any atom is 0.251 e. The maximum absolute atomic E-state index is 12.3. The molecule has 0 amide bonds. The number of para-hydroxylation sites is 1. The molecule has 0 bridgehead atoms. The minimum absolute atomic E-state index is 0.0246. The molecule has 144 valence electrons. The molecule has 27 heavy (non-hydrogen) atoms. The third kappa shape index (κ3) is 3.96. The van der Waals surface area contributed by atoms with Crippen LogP contribution in [0.2, 0.25) is 0 Å². The summed E-state index contributed by atoms with van der Waals surface area (Å²) in [7, 11) is 1.22. The summed E-state index contributed by atoms with van der Waals surface area (Å²) < 4.78 is 28.3. The van der Waals surface area contributed by atoms with Gasteiger partial charge in [0.2, 0.25) is 10.0 Å². The van der Waals surface area contributed by atoms with Crippen LogP contribution < -0.4 is 5.56 Å². The molecule has 1 aromatic carbocycles. The van der Waals surface area contributed by atoms with Gasteiger partial charge in [-0.3, -0.25) is 9.69 Å². The molecular formula is C18H22N4O3S2. The van der Waals surface area contributed by atoms with E-state index in [0.29, 0.717) is 0 Å². The number of rotatable bonds is 6. The number of sulfonamides is 1. The first-order chi connectivity index (χ1) is 12.7. The van der Waals surface area contributed by atoms with Gasteiger partial charge in [-0.15, -0.1) is 11.3 Å². The Balaban J connectivity index is 1.86. The molecular weight excluding hydrogens is 384 g/mol. The van der Waals surface area contributed by atoms with Gasteiger partial charge >= 0.3 is 0 Å².